The van der Waals surface area contributed by atoms with E-state index in [4.69, 9.17) is 10.00 Å². The largest absolute Gasteiger partial charge is 0.497 e. The van der Waals surface area contributed by atoms with Crippen molar-refractivity contribution >= 4 is 0 Å². The Kier molecular flexibility index (Phi) is 4.44. The van der Waals surface area contributed by atoms with Gasteiger partial charge in [-0.3, -0.25) is 0 Å². The van der Waals surface area contributed by atoms with Crippen LogP contribution in [0, 0.1) is 11.3 Å². The third-order valence-corrected chi connectivity index (χ3v) is 4.83. The highest BCUT2D eigenvalue weighted by atomic mass is 16.5. The van der Waals surface area contributed by atoms with E-state index in [-0.39, 0.29) is 0 Å². The summed E-state index contributed by atoms with van der Waals surface area (Å²) in [6.45, 7) is 0. The molecule has 0 saturated heterocycles. The molecule has 22 heavy (non-hydrogen) atoms. The molecule has 0 unspecified atom stereocenters. The van der Waals surface area contributed by atoms with Gasteiger partial charge in [-0.15, -0.1) is 0 Å². The molecule has 0 radical (unpaired) electrons. The first-order chi connectivity index (χ1) is 10.8. The molecule has 1 aliphatic carbocycles. The van der Waals surface area contributed by atoms with Crippen molar-refractivity contribution in [2.75, 3.05) is 7.11 Å². The monoisotopic (exact) mass is 291 g/mol. The van der Waals surface area contributed by atoms with Gasteiger partial charge in [0.25, 0.3) is 0 Å². The predicted octanol–water partition coefficient (Wildman–Crippen LogP) is 5.01. The maximum absolute atomic E-state index is 8.88. The van der Waals surface area contributed by atoms with Gasteiger partial charge in [-0.25, -0.2) is 0 Å². The lowest BCUT2D eigenvalue weighted by Crippen LogP contribution is -2.12. The van der Waals surface area contributed by atoms with Gasteiger partial charge in [-0.05, 0) is 72.9 Å². The lowest BCUT2D eigenvalue weighted by atomic mass is 9.76. The molecule has 0 bridgehead atoms. The molecule has 0 spiro atoms. The summed E-state index contributed by atoms with van der Waals surface area (Å²) in [5.74, 6) is 2.23. The van der Waals surface area contributed by atoms with Crippen LogP contribution in [0.4, 0.5) is 0 Å². The summed E-state index contributed by atoms with van der Waals surface area (Å²) in [4.78, 5) is 0. The second kappa shape index (κ2) is 6.66. The molecule has 3 rings (SSSR count). The summed E-state index contributed by atoms with van der Waals surface area (Å²) >= 11 is 0. The van der Waals surface area contributed by atoms with Gasteiger partial charge in [0.15, 0.2) is 0 Å². The molecule has 0 aliphatic heterocycles. The molecule has 2 aromatic carbocycles. The second-order valence-corrected chi connectivity index (χ2v) is 6.06. The maximum Gasteiger partial charge on any atom is 0.118 e. The van der Waals surface area contributed by atoms with E-state index in [0.29, 0.717) is 11.8 Å². The van der Waals surface area contributed by atoms with E-state index in [1.807, 2.05) is 12.1 Å². The number of ether oxygens (including phenoxy) is 1. The summed E-state index contributed by atoms with van der Waals surface area (Å²) in [6, 6.07) is 18.8. The first-order valence-corrected chi connectivity index (χ1v) is 7.94. The molecule has 1 fully saturated rings. The van der Waals surface area contributed by atoms with E-state index < -0.39 is 0 Å². The van der Waals surface area contributed by atoms with E-state index >= 15 is 0 Å². The van der Waals surface area contributed by atoms with Gasteiger partial charge in [0.1, 0.15) is 5.75 Å². The minimum atomic E-state index is 0.641. The number of nitrogens with zero attached hydrogens (tertiary/aromatic N) is 1. The smallest absolute Gasteiger partial charge is 0.118 e. The van der Waals surface area contributed by atoms with Gasteiger partial charge in [0.2, 0.25) is 0 Å². The fraction of sp³-hybridized carbons (Fsp3) is 0.350. The van der Waals surface area contributed by atoms with Crippen molar-refractivity contribution in [2.24, 2.45) is 0 Å². The molecule has 0 heterocycles. The minimum Gasteiger partial charge on any atom is -0.497 e. The summed E-state index contributed by atoms with van der Waals surface area (Å²) < 4.78 is 5.23. The fourth-order valence-electron chi connectivity index (χ4n) is 3.47. The van der Waals surface area contributed by atoms with Crippen molar-refractivity contribution in [3.63, 3.8) is 0 Å². The highest BCUT2D eigenvalue weighted by Crippen LogP contribution is 2.40. The fourth-order valence-corrected chi connectivity index (χ4v) is 3.47. The van der Waals surface area contributed by atoms with Crippen LogP contribution in [0.2, 0.25) is 0 Å². The zero-order valence-corrected chi connectivity index (χ0v) is 13.0. The molecular weight excluding hydrogens is 270 g/mol. The molecule has 0 N–H and O–H groups in total. The van der Waals surface area contributed by atoms with Crippen LogP contribution in [0.1, 0.15) is 54.2 Å². The Morgan fingerprint density at radius 2 is 1.27 bits per heavy atom. The van der Waals surface area contributed by atoms with Gasteiger partial charge in [-0.2, -0.15) is 5.26 Å². The molecule has 1 aliphatic rings. The van der Waals surface area contributed by atoms with E-state index in [2.05, 4.69) is 42.5 Å². The van der Waals surface area contributed by atoms with Crippen molar-refractivity contribution in [2.45, 2.75) is 37.5 Å². The van der Waals surface area contributed by atoms with Crippen LogP contribution < -0.4 is 4.74 Å². The molecule has 2 aromatic rings. The third kappa shape index (κ3) is 3.14. The average molecular weight is 291 g/mol. The zero-order chi connectivity index (χ0) is 15.4. The first kappa shape index (κ1) is 14.7. The van der Waals surface area contributed by atoms with Crippen LogP contribution in [0.15, 0.2) is 48.5 Å². The predicted molar refractivity (Wildman–Crippen MR) is 88.1 cm³/mol. The van der Waals surface area contributed by atoms with Crippen molar-refractivity contribution in [3.8, 4) is 11.8 Å². The second-order valence-electron chi connectivity index (χ2n) is 6.06. The van der Waals surface area contributed by atoms with Gasteiger partial charge in [0.05, 0.1) is 18.7 Å². The van der Waals surface area contributed by atoms with E-state index in [0.717, 1.165) is 11.3 Å². The zero-order valence-electron chi connectivity index (χ0n) is 13.0. The molecule has 0 atom stereocenters. The quantitative estimate of drug-likeness (QED) is 0.796. The van der Waals surface area contributed by atoms with Crippen molar-refractivity contribution in [3.05, 3.63) is 65.2 Å². The van der Waals surface area contributed by atoms with Crippen LogP contribution in [-0.4, -0.2) is 7.11 Å². The number of hydrogen-bond donors (Lipinski definition) is 0. The molecule has 112 valence electrons. The number of rotatable bonds is 3. The molecule has 1 saturated carbocycles. The number of hydrogen-bond acceptors (Lipinski definition) is 2. The molecule has 0 amide bonds. The molecule has 0 aromatic heterocycles. The highest BCUT2D eigenvalue weighted by molar-refractivity contribution is 5.34. The van der Waals surface area contributed by atoms with Crippen LogP contribution in [0.3, 0.4) is 0 Å². The van der Waals surface area contributed by atoms with E-state index in [1.165, 1.54) is 36.8 Å². The van der Waals surface area contributed by atoms with Gasteiger partial charge < -0.3 is 4.74 Å². The van der Waals surface area contributed by atoms with Crippen molar-refractivity contribution in [1.82, 2.24) is 0 Å². The summed E-state index contributed by atoms with van der Waals surface area (Å²) in [7, 11) is 1.71. The van der Waals surface area contributed by atoms with Gasteiger partial charge >= 0.3 is 0 Å². The lowest BCUT2D eigenvalue weighted by Gasteiger charge is -2.29. The standard InChI is InChI=1S/C20H21NO/c1-22-20-12-10-19(11-13-20)18-8-6-17(7-9-18)16-4-2-15(14-21)3-5-16/h2-5,10-13,17-18H,6-9H2,1H3/t17-,18-. The van der Waals surface area contributed by atoms with Gasteiger partial charge in [0, 0.05) is 0 Å². The SMILES string of the molecule is COc1ccc([C@H]2CC[C@H](c3ccc(C#N)cc3)CC2)cc1. The normalized spacial score (nSPS) is 21.1. The van der Waals surface area contributed by atoms with Crippen molar-refractivity contribution < 1.29 is 4.74 Å². The Hall–Kier alpha value is -2.27. The van der Waals surface area contributed by atoms with Crippen LogP contribution in [-0.2, 0) is 0 Å². The lowest BCUT2D eigenvalue weighted by molar-refractivity contribution is 0.394. The molecular formula is C20H21NO. The highest BCUT2D eigenvalue weighted by Gasteiger charge is 2.23. The summed E-state index contributed by atoms with van der Waals surface area (Å²) in [5, 5.41) is 8.88. The van der Waals surface area contributed by atoms with Crippen LogP contribution in [0.25, 0.3) is 0 Å². The number of benzene rings is 2. The first-order valence-electron chi connectivity index (χ1n) is 7.94. The van der Waals surface area contributed by atoms with Crippen molar-refractivity contribution in [1.29, 1.82) is 5.26 Å². The Balaban J connectivity index is 1.62. The summed E-state index contributed by atoms with van der Waals surface area (Å²) in [6.07, 6.45) is 4.92. The minimum absolute atomic E-state index is 0.641. The Morgan fingerprint density at radius 1 is 0.818 bits per heavy atom. The van der Waals surface area contributed by atoms with Crippen LogP contribution in [0.5, 0.6) is 5.75 Å². The average Bonchev–Trinajstić information content (AvgIpc) is 2.62. The Morgan fingerprint density at radius 3 is 1.68 bits per heavy atom. The Labute approximate surface area is 132 Å². The molecule has 2 heteroatoms. The maximum atomic E-state index is 8.88. The topological polar surface area (TPSA) is 33.0 Å². The Bertz CT molecular complexity index is 644. The van der Waals surface area contributed by atoms with Crippen LogP contribution >= 0.6 is 0 Å². The van der Waals surface area contributed by atoms with E-state index in [9.17, 15) is 0 Å². The summed E-state index contributed by atoms with van der Waals surface area (Å²) in [5.41, 5.74) is 3.56. The van der Waals surface area contributed by atoms with Gasteiger partial charge in [-0.1, -0.05) is 24.3 Å². The third-order valence-electron chi connectivity index (χ3n) is 4.83. The molecule has 2 nitrogen and oxygen atoms in total. The number of nitriles is 1. The number of methoxy groups -OCH3 is 1. The van der Waals surface area contributed by atoms with E-state index in [1.54, 1.807) is 7.11 Å².